The van der Waals surface area contributed by atoms with Crippen LogP contribution in [0.5, 0.6) is 0 Å². The molecule has 2 rings (SSSR count). The minimum Gasteiger partial charge on any atom is -0.448 e. The number of hydrogen-bond acceptors (Lipinski definition) is 6. The van der Waals surface area contributed by atoms with Crippen LogP contribution >= 0.6 is 0 Å². The Balaban J connectivity index is 2.74. The number of rotatable bonds is 4. The molecule has 2 saturated heterocycles. The molecule has 2 fully saturated rings. The van der Waals surface area contributed by atoms with E-state index in [9.17, 15) is 15.8 Å². The molecule has 0 spiro atoms. The van der Waals surface area contributed by atoms with Crippen molar-refractivity contribution in [3.63, 3.8) is 0 Å². The average Bonchev–Trinajstić information content (AvgIpc) is 2.66. The number of nitrogens with zero attached hydrogens (tertiary/aromatic N) is 3. The average molecular weight is 300 g/mol. The molecule has 0 radical (unpaired) electrons. The summed E-state index contributed by atoms with van der Waals surface area (Å²) < 4.78 is 11.6. The highest BCUT2D eigenvalue weighted by molar-refractivity contribution is 5.89. The van der Waals surface area contributed by atoms with Gasteiger partial charge in [-0.05, 0) is 12.8 Å². The fourth-order valence-corrected chi connectivity index (χ4v) is 3.96. The highest BCUT2D eigenvalue weighted by Gasteiger charge is 2.78. The second-order valence-electron chi connectivity index (χ2n) is 6.14. The molecule has 0 saturated carbocycles. The lowest BCUT2D eigenvalue weighted by atomic mass is 9.53. The van der Waals surface area contributed by atoms with E-state index in [2.05, 4.69) is 6.07 Å². The summed E-state index contributed by atoms with van der Waals surface area (Å²) in [5.74, 6) is -1.94. The lowest BCUT2D eigenvalue weighted by molar-refractivity contribution is -0.271. The molecule has 0 amide bonds. The monoisotopic (exact) mass is 300 g/mol. The maximum Gasteiger partial charge on any atom is 0.214 e. The summed E-state index contributed by atoms with van der Waals surface area (Å²) in [7, 11) is 0. The first-order chi connectivity index (χ1) is 10.4. The van der Waals surface area contributed by atoms with Crippen molar-refractivity contribution in [2.45, 2.75) is 58.3 Å². The van der Waals surface area contributed by atoms with Gasteiger partial charge in [0.05, 0.1) is 30.2 Å². The van der Waals surface area contributed by atoms with Gasteiger partial charge in [-0.25, -0.2) is 0 Å². The summed E-state index contributed by atoms with van der Waals surface area (Å²) in [6.45, 7) is 5.59. The fraction of sp³-hybridized carbons (Fsp3) is 0.750. The van der Waals surface area contributed by atoms with Gasteiger partial charge in [0.1, 0.15) is 0 Å². The van der Waals surface area contributed by atoms with E-state index in [4.69, 9.17) is 14.9 Å². The van der Waals surface area contributed by atoms with Gasteiger partial charge in [-0.2, -0.15) is 15.8 Å². The molecule has 116 valence electrons. The normalized spacial score (nSPS) is 38.5. The van der Waals surface area contributed by atoms with Gasteiger partial charge in [0, 0.05) is 6.92 Å². The third-order valence-electron chi connectivity index (χ3n) is 4.96. The van der Waals surface area contributed by atoms with Crippen molar-refractivity contribution in [2.75, 3.05) is 0 Å². The Kier molecular flexibility index (Phi) is 3.90. The van der Waals surface area contributed by atoms with Crippen LogP contribution in [0.15, 0.2) is 0 Å². The van der Waals surface area contributed by atoms with Gasteiger partial charge < -0.3 is 9.47 Å². The zero-order valence-electron chi connectivity index (χ0n) is 13.1. The summed E-state index contributed by atoms with van der Waals surface area (Å²) >= 11 is 0. The van der Waals surface area contributed by atoms with Crippen LogP contribution in [0.2, 0.25) is 0 Å². The Morgan fingerprint density at radius 3 is 2.14 bits per heavy atom. The van der Waals surface area contributed by atoms with Gasteiger partial charge in [0.15, 0.2) is 10.8 Å². The van der Waals surface area contributed by atoms with Crippen LogP contribution in [0.3, 0.4) is 0 Å². The predicted molar refractivity (Wildman–Crippen MR) is 77.1 cm³/mol. The summed E-state index contributed by atoms with van der Waals surface area (Å²) in [4.78, 5) is 0. The highest BCUT2D eigenvalue weighted by atomic mass is 16.7. The van der Waals surface area contributed by atoms with E-state index >= 15 is 0 Å². The molecule has 1 N–H and O–H groups in total. The molecule has 2 aliphatic rings. The Bertz CT molecular complexity index is 597. The molecule has 0 aliphatic carbocycles. The smallest absolute Gasteiger partial charge is 0.214 e. The molecule has 2 aliphatic heterocycles. The molecular weight excluding hydrogens is 280 g/mol. The van der Waals surface area contributed by atoms with Crippen molar-refractivity contribution >= 4 is 5.90 Å². The van der Waals surface area contributed by atoms with Gasteiger partial charge in [-0.1, -0.05) is 26.7 Å². The van der Waals surface area contributed by atoms with E-state index in [-0.39, 0.29) is 5.90 Å². The van der Waals surface area contributed by atoms with Crippen LogP contribution in [0, 0.1) is 56.2 Å². The van der Waals surface area contributed by atoms with Crippen LogP contribution in [0.1, 0.15) is 46.5 Å². The molecule has 0 aromatic carbocycles. The van der Waals surface area contributed by atoms with Crippen LogP contribution in [0.4, 0.5) is 0 Å². The zero-order valence-corrected chi connectivity index (χ0v) is 13.1. The first-order valence-electron chi connectivity index (χ1n) is 7.62. The van der Waals surface area contributed by atoms with Gasteiger partial charge >= 0.3 is 0 Å². The summed E-state index contributed by atoms with van der Waals surface area (Å²) in [5, 5.41) is 37.7. The van der Waals surface area contributed by atoms with Crippen molar-refractivity contribution in [3.8, 4) is 18.2 Å². The number of hydrogen-bond donors (Lipinski definition) is 1. The molecule has 0 aromatic heterocycles. The standard InChI is InChI=1S/C16H20N4O2/c1-4-6-11-14(3)21-12(7-5-2)15(8-17,9-18)16(11,10-19)13(20)22-14/h11-12,20H,4-7H2,1-3H3/t11-,12-,14+,16-/m1/s1. The van der Waals surface area contributed by atoms with Crippen LogP contribution in [-0.4, -0.2) is 17.8 Å². The quantitative estimate of drug-likeness (QED) is 0.857. The van der Waals surface area contributed by atoms with Crippen molar-refractivity contribution < 1.29 is 9.47 Å². The van der Waals surface area contributed by atoms with E-state index < -0.39 is 28.6 Å². The lowest BCUT2D eigenvalue weighted by Gasteiger charge is -2.48. The van der Waals surface area contributed by atoms with Gasteiger partial charge in [-0.3, -0.25) is 5.41 Å². The predicted octanol–water partition coefficient (Wildman–Crippen LogP) is 2.87. The third kappa shape index (κ3) is 1.64. The van der Waals surface area contributed by atoms with Crippen molar-refractivity contribution in [1.82, 2.24) is 0 Å². The molecule has 22 heavy (non-hydrogen) atoms. The summed E-state index contributed by atoms with van der Waals surface area (Å²) in [6, 6.07) is 6.18. The van der Waals surface area contributed by atoms with Gasteiger partial charge in [-0.15, -0.1) is 0 Å². The molecule has 2 heterocycles. The van der Waals surface area contributed by atoms with E-state index in [1.807, 2.05) is 26.0 Å². The van der Waals surface area contributed by atoms with E-state index in [0.29, 0.717) is 19.3 Å². The van der Waals surface area contributed by atoms with E-state index in [1.54, 1.807) is 6.92 Å². The maximum absolute atomic E-state index is 9.91. The maximum atomic E-state index is 9.91. The minimum atomic E-state index is -1.72. The SMILES string of the molecule is CCC[C@@H]1[C@]2(C)OC(=N)[C@]1(C#N)C(C#N)(C#N)[C@@H](CCC)O2. The number of fused-ring (bicyclic) bond motifs is 2. The molecular formula is C16H20N4O2. The Morgan fingerprint density at radius 2 is 1.68 bits per heavy atom. The Hall–Kier alpha value is -2.10. The number of nitriles is 3. The first kappa shape index (κ1) is 16.3. The first-order valence-corrected chi connectivity index (χ1v) is 7.62. The van der Waals surface area contributed by atoms with Crippen molar-refractivity contribution in [3.05, 3.63) is 0 Å². The number of nitrogens with one attached hydrogen (secondary N) is 1. The van der Waals surface area contributed by atoms with E-state index in [0.717, 1.165) is 6.42 Å². The van der Waals surface area contributed by atoms with Crippen molar-refractivity contribution in [1.29, 1.82) is 21.2 Å². The molecule has 2 bridgehead atoms. The summed E-state index contributed by atoms with van der Waals surface area (Å²) in [6.07, 6.45) is 1.73. The van der Waals surface area contributed by atoms with Gasteiger partial charge in [0.25, 0.3) is 0 Å². The molecule has 0 aromatic rings. The van der Waals surface area contributed by atoms with Crippen LogP contribution in [0.25, 0.3) is 0 Å². The zero-order chi connectivity index (χ0) is 16.6. The molecule has 6 nitrogen and oxygen atoms in total. The van der Waals surface area contributed by atoms with E-state index in [1.165, 1.54) is 0 Å². The summed E-state index contributed by atoms with van der Waals surface area (Å²) in [5.41, 5.74) is -3.29. The lowest BCUT2D eigenvalue weighted by Crippen LogP contribution is -2.61. The minimum absolute atomic E-state index is 0.308. The van der Waals surface area contributed by atoms with Crippen LogP contribution < -0.4 is 0 Å². The van der Waals surface area contributed by atoms with Gasteiger partial charge in [0.2, 0.25) is 11.7 Å². The molecule has 0 unspecified atom stereocenters. The third-order valence-corrected chi connectivity index (χ3v) is 4.96. The highest BCUT2D eigenvalue weighted by Crippen LogP contribution is 2.64. The second-order valence-corrected chi connectivity index (χ2v) is 6.14. The number of ether oxygens (including phenoxy) is 2. The molecule has 4 atom stereocenters. The Morgan fingerprint density at radius 1 is 1.09 bits per heavy atom. The Labute approximate surface area is 130 Å². The topological polar surface area (TPSA) is 114 Å². The largest absolute Gasteiger partial charge is 0.448 e. The molecule has 6 heteroatoms. The van der Waals surface area contributed by atoms with Crippen LogP contribution in [-0.2, 0) is 9.47 Å². The fourth-order valence-electron chi connectivity index (χ4n) is 3.96. The second kappa shape index (κ2) is 5.27. The van der Waals surface area contributed by atoms with Crippen molar-refractivity contribution in [2.24, 2.45) is 16.7 Å².